The Balaban J connectivity index is 2.31. The quantitative estimate of drug-likeness (QED) is 0.350. The standard InChI is InChI=1S/C15H26N2O3/c1-11(5-3-2-4-8-16)17-10-15(20)12-6-7-13(18)14(19)9-12/h6-7,9,11,15,17-20H,2-5,8,10,16H2,1H3. The fourth-order valence-corrected chi connectivity index (χ4v) is 2.05. The number of phenols is 2. The number of hydrogen-bond acceptors (Lipinski definition) is 5. The predicted octanol–water partition coefficient (Wildman–Crippen LogP) is 1.63. The van der Waals surface area contributed by atoms with E-state index < -0.39 is 6.10 Å². The molecule has 1 rings (SSSR count). The molecular weight excluding hydrogens is 256 g/mol. The van der Waals surface area contributed by atoms with Crippen LogP contribution >= 0.6 is 0 Å². The Hall–Kier alpha value is -1.30. The van der Waals surface area contributed by atoms with Crippen molar-refractivity contribution in [3.63, 3.8) is 0 Å². The summed E-state index contributed by atoms with van der Waals surface area (Å²) in [5.74, 6) is -0.390. The highest BCUT2D eigenvalue weighted by molar-refractivity contribution is 5.41. The number of aliphatic hydroxyl groups is 1. The van der Waals surface area contributed by atoms with Crippen LogP contribution in [0.5, 0.6) is 11.5 Å². The van der Waals surface area contributed by atoms with Gasteiger partial charge in [-0.1, -0.05) is 18.9 Å². The first-order chi connectivity index (χ1) is 9.54. The van der Waals surface area contributed by atoms with Crippen LogP contribution < -0.4 is 11.1 Å². The molecule has 0 spiro atoms. The lowest BCUT2D eigenvalue weighted by Crippen LogP contribution is -2.30. The van der Waals surface area contributed by atoms with Crippen molar-refractivity contribution in [1.29, 1.82) is 0 Å². The van der Waals surface area contributed by atoms with E-state index in [9.17, 15) is 15.3 Å². The van der Waals surface area contributed by atoms with Crippen molar-refractivity contribution in [2.75, 3.05) is 13.1 Å². The molecule has 5 nitrogen and oxygen atoms in total. The number of unbranched alkanes of at least 4 members (excludes halogenated alkanes) is 2. The Morgan fingerprint density at radius 1 is 1.15 bits per heavy atom. The molecule has 0 radical (unpaired) electrons. The first kappa shape index (κ1) is 16.8. The maximum Gasteiger partial charge on any atom is 0.157 e. The number of aromatic hydroxyl groups is 2. The highest BCUT2D eigenvalue weighted by Crippen LogP contribution is 2.27. The van der Waals surface area contributed by atoms with Crippen LogP contribution in [0, 0.1) is 0 Å². The van der Waals surface area contributed by atoms with Gasteiger partial charge in [-0.05, 0) is 44.0 Å². The van der Waals surface area contributed by atoms with E-state index in [2.05, 4.69) is 12.2 Å². The predicted molar refractivity (Wildman–Crippen MR) is 79.7 cm³/mol. The van der Waals surface area contributed by atoms with Crippen LogP contribution in [0.4, 0.5) is 0 Å². The molecule has 6 N–H and O–H groups in total. The minimum atomic E-state index is -0.701. The summed E-state index contributed by atoms with van der Waals surface area (Å²) in [6.07, 6.45) is 3.67. The SMILES string of the molecule is CC(CCCCCN)NCC(O)c1ccc(O)c(O)c1. The Morgan fingerprint density at radius 2 is 1.90 bits per heavy atom. The Bertz CT molecular complexity index is 399. The fourth-order valence-electron chi connectivity index (χ4n) is 2.05. The van der Waals surface area contributed by atoms with Gasteiger partial charge in [0.05, 0.1) is 6.10 Å². The number of nitrogens with one attached hydrogen (secondary N) is 1. The summed E-state index contributed by atoms with van der Waals surface area (Å²) in [4.78, 5) is 0. The maximum atomic E-state index is 10.0. The Morgan fingerprint density at radius 3 is 2.55 bits per heavy atom. The van der Waals surface area contributed by atoms with E-state index >= 15 is 0 Å². The van der Waals surface area contributed by atoms with Gasteiger partial charge in [-0.15, -0.1) is 0 Å². The molecular formula is C15H26N2O3. The van der Waals surface area contributed by atoms with E-state index in [4.69, 9.17) is 5.73 Å². The largest absolute Gasteiger partial charge is 0.504 e. The molecule has 1 aromatic carbocycles. The molecule has 0 amide bonds. The van der Waals surface area contributed by atoms with Crippen molar-refractivity contribution in [3.8, 4) is 11.5 Å². The highest BCUT2D eigenvalue weighted by Gasteiger charge is 2.11. The van der Waals surface area contributed by atoms with E-state index in [0.29, 0.717) is 18.2 Å². The van der Waals surface area contributed by atoms with Crippen LogP contribution in [0.3, 0.4) is 0 Å². The number of hydrogen-bond donors (Lipinski definition) is 5. The molecule has 0 aromatic heterocycles. The highest BCUT2D eigenvalue weighted by atomic mass is 16.3. The van der Waals surface area contributed by atoms with Crippen molar-refractivity contribution in [2.24, 2.45) is 5.73 Å². The monoisotopic (exact) mass is 282 g/mol. The van der Waals surface area contributed by atoms with Crippen LogP contribution in [-0.2, 0) is 0 Å². The number of nitrogens with two attached hydrogens (primary N) is 1. The van der Waals surface area contributed by atoms with Gasteiger partial charge >= 0.3 is 0 Å². The van der Waals surface area contributed by atoms with E-state index in [1.54, 1.807) is 6.07 Å². The van der Waals surface area contributed by atoms with E-state index in [1.165, 1.54) is 12.1 Å². The Kier molecular flexibility index (Phi) is 7.36. The molecule has 5 heteroatoms. The molecule has 0 fully saturated rings. The summed E-state index contributed by atoms with van der Waals surface area (Å²) in [6.45, 7) is 3.25. The summed E-state index contributed by atoms with van der Waals surface area (Å²) in [5, 5.41) is 31.9. The average Bonchev–Trinajstić information content (AvgIpc) is 2.44. The van der Waals surface area contributed by atoms with Gasteiger partial charge in [-0.25, -0.2) is 0 Å². The molecule has 114 valence electrons. The molecule has 20 heavy (non-hydrogen) atoms. The maximum absolute atomic E-state index is 10.0. The van der Waals surface area contributed by atoms with Gasteiger partial charge in [-0.3, -0.25) is 0 Å². The first-order valence-electron chi connectivity index (χ1n) is 7.18. The lowest BCUT2D eigenvalue weighted by molar-refractivity contribution is 0.169. The number of benzene rings is 1. The molecule has 0 saturated carbocycles. The third kappa shape index (κ3) is 5.77. The summed E-state index contributed by atoms with van der Waals surface area (Å²) in [6, 6.07) is 4.69. The average molecular weight is 282 g/mol. The molecule has 0 bridgehead atoms. The van der Waals surface area contributed by atoms with Gasteiger partial charge in [0, 0.05) is 12.6 Å². The summed E-state index contributed by atoms with van der Waals surface area (Å²) >= 11 is 0. The topological polar surface area (TPSA) is 98.7 Å². The molecule has 0 aliphatic carbocycles. The number of rotatable bonds is 9. The third-order valence-corrected chi connectivity index (χ3v) is 3.39. The molecule has 2 atom stereocenters. The minimum absolute atomic E-state index is 0.179. The van der Waals surface area contributed by atoms with Crippen LogP contribution in [0.1, 0.15) is 44.3 Å². The van der Waals surface area contributed by atoms with Gasteiger partial charge in [-0.2, -0.15) is 0 Å². The van der Waals surface area contributed by atoms with Gasteiger partial charge in [0.25, 0.3) is 0 Å². The van der Waals surface area contributed by atoms with E-state index in [0.717, 1.165) is 32.2 Å². The Labute approximate surface area is 120 Å². The number of aliphatic hydroxyl groups excluding tert-OH is 1. The van der Waals surface area contributed by atoms with Crippen molar-refractivity contribution in [3.05, 3.63) is 23.8 Å². The molecule has 0 heterocycles. The second-order valence-corrected chi connectivity index (χ2v) is 5.21. The van der Waals surface area contributed by atoms with Crippen LogP contribution in [0.25, 0.3) is 0 Å². The fraction of sp³-hybridized carbons (Fsp3) is 0.600. The van der Waals surface area contributed by atoms with Gasteiger partial charge in [0.15, 0.2) is 11.5 Å². The van der Waals surface area contributed by atoms with Crippen molar-refractivity contribution in [2.45, 2.75) is 44.8 Å². The van der Waals surface area contributed by atoms with Crippen molar-refractivity contribution >= 4 is 0 Å². The first-order valence-corrected chi connectivity index (χ1v) is 7.18. The normalized spacial score (nSPS) is 14.2. The molecule has 0 saturated heterocycles. The third-order valence-electron chi connectivity index (χ3n) is 3.39. The van der Waals surface area contributed by atoms with E-state index in [-0.39, 0.29) is 11.5 Å². The molecule has 1 aromatic rings. The molecule has 0 aliphatic heterocycles. The van der Waals surface area contributed by atoms with Crippen molar-refractivity contribution in [1.82, 2.24) is 5.32 Å². The minimum Gasteiger partial charge on any atom is -0.504 e. The van der Waals surface area contributed by atoms with Gasteiger partial charge in [0.1, 0.15) is 0 Å². The van der Waals surface area contributed by atoms with Gasteiger partial charge < -0.3 is 26.4 Å². The van der Waals surface area contributed by atoms with Crippen LogP contribution in [0.15, 0.2) is 18.2 Å². The zero-order chi connectivity index (χ0) is 15.0. The van der Waals surface area contributed by atoms with E-state index in [1.807, 2.05) is 0 Å². The summed E-state index contributed by atoms with van der Waals surface area (Å²) in [5.41, 5.74) is 6.03. The lowest BCUT2D eigenvalue weighted by Gasteiger charge is -2.17. The second kappa shape index (κ2) is 8.79. The molecule has 2 unspecified atom stereocenters. The zero-order valence-electron chi connectivity index (χ0n) is 12.0. The zero-order valence-corrected chi connectivity index (χ0v) is 12.0. The smallest absolute Gasteiger partial charge is 0.157 e. The van der Waals surface area contributed by atoms with Crippen LogP contribution in [0.2, 0.25) is 0 Å². The summed E-state index contributed by atoms with van der Waals surface area (Å²) < 4.78 is 0. The second-order valence-electron chi connectivity index (χ2n) is 5.21. The van der Waals surface area contributed by atoms with Crippen molar-refractivity contribution < 1.29 is 15.3 Å². The van der Waals surface area contributed by atoms with Crippen LogP contribution in [-0.4, -0.2) is 34.5 Å². The lowest BCUT2D eigenvalue weighted by atomic mass is 10.1. The van der Waals surface area contributed by atoms with Gasteiger partial charge in [0.2, 0.25) is 0 Å². The number of phenolic OH excluding ortho intramolecular Hbond substituents is 2. The summed E-state index contributed by atoms with van der Waals surface area (Å²) in [7, 11) is 0. The molecule has 0 aliphatic rings.